The minimum Gasteiger partial charge on any atom is -0.361 e. The molecule has 1 amide bonds. The summed E-state index contributed by atoms with van der Waals surface area (Å²) < 4.78 is 79.6. The van der Waals surface area contributed by atoms with Gasteiger partial charge in [0.05, 0.1) is 17.2 Å². The van der Waals surface area contributed by atoms with Gasteiger partial charge in [-0.25, -0.2) is 0 Å². The molecule has 3 aromatic rings. The van der Waals surface area contributed by atoms with Crippen molar-refractivity contribution >= 4 is 22.6 Å². The number of nitrogens with zero attached hydrogens (tertiary/aromatic N) is 1. The molecule has 0 saturated carbocycles. The van der Waals surface area contributed by atoms with Crippen LogP contribution in [0.5, 0.6) is 0 Å². The van der Waals surface area contributed by atoms with Gasteiger partial charge in [-0.2, -0.15) is 26.3 Å². The molecule has 0 bridgehead atoms. The van der Waals surface area contributed by atoms with Gasteiger partial charge in [0.25, 0.3) is 0 Å². The predicted octanol–water partition coefficient (Wildman–Crippen LogP) is 6.31. The van der Waals surface area contributed by atoms with Crippen LogP contribution < -0.4 is 5.32 Å². The Kier molecular flexibility index (Phi) is 9.22. The van der Waals surface area contributed by atoms with Crippen molar-refractivity contribution in [3.63, 3.8) is 0 Å². The normalized spacial score (nSPS) is 15.8. The van der Waals surface area contributed by atoms with Crippen molar-refractivity contribution in [1.82, 2.24) is 15.2 Å². The fourth-order valence-corrected chi connectivity index (χ4v) is 5.08. The van der Waals surface area contributed by atoms with Crippen molar-refractivity contribution in [2.24, 2.45) is 0 Å². The molecule has 2 aromatic carbocycles. The number of hydrogen-bond acceptors (Lipinski definition) is 3. The number of aromatic nitrogens is 1. The van der Waals surface area contributed by atoms with Crippen LogP contribution in [-0.4, -0.2) is 47.3 Å². The molecule has 1 saturated heterocycles. The highest BCUT2D eigenvalue weighted by atomic mass is 19.4. The number of benzene rings is 2. The molecule has 0 radical (unpaired) electrons. The second-order valence-electron chi connectivity index (χ2n) is 10.2. The van der Waals surface area contributed by atoms with Crippen LogP contribution >= 0.6 is 0 Å². The van der Waals surface area contributed by atoms with E-state index in [9.17, 15) is 35.9 Å². The number of H-pyrrole nitrogens is 1. The third kappa shape index (κ3) is 7.87. The summed E-state index contributed by atoms with van der Waals surface area (Å²) in [6, 6.07) is 7.75. The van der Waals surface area contributed by atoms with Crippen molar-refractivity contribution in [3.05, 3.63) is 70.9 Å². The lowest BCUT2D eigenvalue weighted by Gasteiger charge is -2.26. The van der Waals surface area contributed by atoms with Crippen molar-refractivity contribution in [3.8, 4) is 0 Å². The summed E-state index contributed by atoms with van der Waals surface area (Å²) in [5.41, 5.74) is -1.50. The molecule has 2 heterocycles. The van der Waals surface area contributed by atoms with Crippen molar-refractivity contribution in [2.75, 3.05) is 19.6 Å². The number of nitrogens with one attached hydrogen (secondary N) is 2. The molecule has 11 heteroatoms. The lowest BCUT2D eigenvalue weighted by Crippen LogP contribution is -2.44. The van der Waals surface area contributed by atoms with E-state index in [1.807, 2.05) is 24.3 Å². The van der Waals surface area contributed by atoms with Gasteiger partial charge in [0, 0.05) is 42.9 Å². The Morgan fingerprint density at radius 1 is 0.900 bits per heavy atom. The topological polar surface area (TPSA) is 65.2 Å². The number of fused-ring (bicyclic) bond motifs is 1. The number of amides is 1. The molecule has 2 N–H and O–H groups in total. The molecule has 4 rings (SSSR count). The third-order valence-electron chi connectivity index (χ3n) is 7.23. The molecule has 1 fully saturated rings. The number of aryl methyl sites for hydroxylation is 1. The molecule has 1 aliphatic rings. The molecule has 40 heavy (non-hydrogen) atoms. The first-order valence-electron chi connectivity index (χ1n) is 13.3. The lowest BCUT2D eigenvalue weighted by atomic mass is 9.95. The highest BCUT2D eigenvalue weighted by Crippen LogP contribution is 2.36. The number of Topliss-reactive ketones (excluding diaryl/α,β-unsaturated/α-hetero) is 1. The van der Waals surface area contributed by atoms with Gasteiger partial charge in [0.2, 0.25) is 5.91 Å². The van der Waals surface area contributed by atoms with Crippen LogP contribution in [0.15, 0.2) is 48.7 Å². The second kappa shape index (κ2) is 12.4. The van der Waals surface area contributed by atoms with Gasteiger partial charge in [-0.1, -0.05) is 24.6 Å². The number of aromatic amines is 1. The maximum Gasteiger partial charge on any atom is 0.416 e. The average Bonchev–Trinajstić information content (AvgIpc) is 3.32. The lowest BCUT2D eigenvalue weighted by molar-refractivity contribution is -0.143. The molecule has 216 valence electrons. The van der Waals surface area contributed by atoms with Gasteiger partial charge in [-0.15, -0.1) is 0 Å². The van der Waals surface area contributed by atoms with E-state index in [0.717, 1.165) is 48.8 Å². The van der Waals surface area contributed by atoms with Crippen LogP contribution in [0.1, 0.15) is 54.4 Å². The third-order valence-corrected chi connectivity index (χ3v) is 7.23. The van der Waals surface area contributed by atoms with Gasteiger partial charge < -0.3 is 15.2 Å². The molecule has 5 nitrogen and oxygen atoms in total. The van der Waals surface area contributed by atoms with Gasteiger partial charge in [0.15, 0.2) is 5.78 Å². The fourth-order valence-electron chi connectivity index (χ4n) is 5.08. The Balaban J connectivity index is 1.50. The number of carbonyl (C=O) groups excluding carboxylic acids is 2. The smallest absolute Gasteiger partial charge is 0.361 e. The van der Waals surface area contributed by atoms with Crippen molar-refractivity contribution in [1.29, 1.82) is 0 Å². The zero-order chi connectivity index (χ0) is 28.9. The van der Waals surface area contributed by atoms with Crippen molar-refractivity contribution in [2.45, 2.75) is 63.3 Å². The summed E-state index contributed by atoms with van der Waals surface area (Å²) in [5.74, 6) is -0.801. The maximum atomic E-state index is 13.3. The van der Waals surface area contributed by atoms with Crippen LogP contribution in [0.25, 0.3) is 10.9 Å². The van der Waals surface area contributed by atoms with Gasteiger partial charge >= 0.3 is 12.4 Å². The van der Waals surface area contributed by atoms with E-state index in [4.69, 9.17) is 0 Å². The van der Waals surface area contributed by atoms with E-state index in [0.29, 0.717) is 18.7 Å². The maximum absolute atomic E-state index is 13.3. The zero-order valence-electron chi connectivity index (χ0n) is 21.8. The quantitative estimate of drug-likeness (QED) is 0.282. The standard InChI is InChI=1S/C29H31F6N3O2/c30-28(31,32)21-14-19(15-22(17-21)29(33,34)35)8-9-26(39)25(16-20-18-36-24-7-3-2-6-23(20)24)37-27(40)10-13-38-11-4-1-5-12-38/h2-3,6-7,14-15,17-18,25,36H,1,4-5,8-13,16H2,(H,37,40)/t25-/m0/s1. The first-order valence-corrected chi connectivity index (χ1v) is 13.3. The molecular formula is C29H31F6N3O2. The SMILES string of the molecule is O=C(CCN1CCCCC1)N[C@@H](Cc1c[nH]c2ccccc12)C(=O)CCc1cc(C(F)(F)F)cc(C(F)(F)F)c1. The first-order chi connectivity index (χ1) is 18.9. The summed E-state index contributed by atoms with van der Waals surface area (Å²) in [5, 5.41) is 3.63. The number of para-hydroxylation sites is 1. The molecule has 1 atom stereocenters. The van der Waals surface area contributed by atoms with E-state index in [-0.39, 0.29) is 43.2 Å². The minimum absolute atomic E-state index is 0.0632. The Hall–Kier alpha value is -3.34. The van der Waals surface area contributed by atoms with Gasteiger partial charge in [-0.3, -0.25) is 9.59 Å². The van der Waals surface area contributed by atoms with E-state index >= 15 is 0 Å². The number of piperidine rings is 1. The number of hydrogen-bond donors (Lipinski definition) is 2. The van der Waals surface area contributed by atoms with E-state index < -0.39 is 35.3 Å². The Labute approximate surface area is 227 Å². The van der Waals surface area contributed by atoms with Crippen LogP contribution in [-0.2, 0) is 34.8 Å². The summed E-state index contributed by atoms with van der Waals surface area (Å²) in [6.45, 7) is 2.36. The van der Waals surface area contributed by atoms with E-state index in [1.165, 1.54) is 0 Å². The minimum atomic E-state index is -4.97. The molecule has 0 aliphatic carbocycles. The van der Waals surface area contributed by atoms with Crippen LogP contribution in [0, 0.1) is 0 Å². The molecule has 1 aromatic heterocycles. The summed E-state index contributed by atoms with van der Waals surface area (Å²) >= 11 is 0. The fraction of sp³-hybridized carbons (Fsp3) is 0.448. The number of carbonyl (C=O) groups is 2. The highest BCUT2D eigenvalue weighted by Gasteiger charge is 2.37. The Bertz CT molecular complexity index is 1290. The van der Waals surface area contributed by atoms with E-state index in [1.54, 1.807) is 6.20 Å². The largest absolute Gasteiger partial charge is 0.416 e. The summed E-state index contributed by atoms with van der Waals surface area (Å²) in [6.07, 6.45) is -5.29. The number of halogens is 6. The molecule has 0 spiro atoms. The van der Waals surface area contributed by atoms with Gasteiger partial charge in [0.1, 0.15) is 0 Å². The Morgan fingerprint density at radius 3 is 2.20 bits per heavy atom. The van der Waals surface area contributed by atoms with Gasteiger partial charge in [-0.05, 0) is 67.7 Å². The second-order valence-corrected chi connectivity index (χ2v) is 10.2. The number of likely N-dealkylation sites (tertiary alicyclic amines) is 1. The summed E-state index contributed by atoms with van der Waals surface area (Å²) in [4.78, 5) is 31.4. The molecule has 1 aliphatic heterocycles. The number of ketones is 1. The zero-order valence-corrected chi connectivity index (χ0v) is 21.8. The van der Waals surface area contributed by atoms with Crippen LogP contribution in [0.4, 0.5) is 26.3 Å². The predicted molar refractivity (Wildman–Crippen MR) is 139 cm³/mol. The highest BCUT2D eigenvalue weighted by molar-refractivity contribution is 5.91. The number of rotatable bonds is 10. The Morgan fingerprint density at radius 2 is 1.55 bits per heavy atom. The number of alkyl halides is 6. The van der Waals surface area contributed by atoms with Crippen LogP contribution in [0.3, 0.4) is 0 Å². The monoisotopic (exact) mass is 567 g/mol. The molecular weight excluding hydrogens is 536 g/mol. The van der Waals surface area contributed by atoms with Crippen molar-refractivity contribution < 1.29 is 35.9 Å². The van der Waals surface area contributed by atoms with E-state index in [2.05, 4.69) is 15.2 Å². The molecule has 0 unspecified atom stereocenters. The average molecular weight is 568 g/mol. The first kappa shape index (κ1) is 29.6. The van der Waals surface area contributed by atoms with Crippen LogP contribution in [0.2, 0.25) is 0 Å². The summed E-state index contributed by atoms with van der Waals surface area (Å²) in [7, 11) is 0.